The van der Waals surface area contributed by atoms with E-state index in [-0.39, 0.29) is 12.2 Å². The minimum atomic E-state index is -0.608. The van der Waals surface area contributed by atoms with Gasteiger partial charge in [-0.3, -0.25) is 4.68 Å². The molecular weight excluding hydrogens is 194 g/mol. The van der Waals surface area contributed by atoms with Gasteiger partial charge in [0.15, 0.2) is 0 Å². The number of nitriles is 1. The second kappa shape index (κ2) is 4.96. The highest BCUT2D eigenvalue weighted by atomic mass is 16.5. The number of aromatic nitrogens is 2. The van der Waals surface area contributed by atoms with Crippen molar-refractivity contribution in [2.24, 2.45) is 7.05 Å². The largest absolute Gasteiger partial charge is 0.462 e. The maximum absolute atomic E-state index is 11.2. The van der Waals surface area contributed by atoms with Gasteiger partial charge < -0.3 is 4.74 Å². The van der Waals surface area contributed by atoms with Crippen LogP contribution in [0.25, 0.3) is 6.08 Å². The Hall–Kier alpha value is -2.09. The molecule has 78 valence electrons. The zero-order valence-corrected chi connectivity index (χ0v) is 8.60. The Kier molecular flexibility index (Phi) is 3.63. The lowest BCUT2D eigenvalue weighted by molar-refractivity contribution is -0.137. The van der Waals surface area contributed by atoms with Crippen molar-refractivity contribution in [3.05, 3.63) is 23.5 Å². The molecule has 15 heavy (non-hydrogen) atoms. The maximum atomic E-state index is 11.2. The van der Waals surface area contributed by atoms with E-state index in [0.29, 0.717) is 5.56 Å². The predicted octanol–water partition coefficient (Wildman–Crippen LogP) is 0.890. The van der Waals surface area contributed by atoms with E-state index < -0.39 is 5.97 Å². The molecule has 0 spiro atoms. The second-order valence-corrected chi connectivity index (χ2v) is 2.84. The fourth-order valence-corrected chi connectivity index (χ4v) is 1.03. The Bertz CT molecular complexity index is 426. The number of carbonyl (C=O) groups is 1. The summed E-state index contributed by atoms with van der Waals surface area (Å²) in [6, 6.07) is 1.79. The molecule has 0 atom stereocenters. The summed E-state index contributed by atoms with van der Waals surface area (Å²) in [7, 11) is 1.76. The van der Waals surface area contributed by atoms with Gasteiger partial charge in [-0.1, -0.05) is 0 Å². The number of aryl methyl sites for hydroxylation is 1. The Labute approximate surface area is 87.6 Å². The fourth-order valence-electron chi connectivity index (χ4n) is 1.03. The molecule has 1 rings (SSSR count). The zero-order chi connectivity index (χ0) is 11.3. The second-order valence-electron chi connectivity index (χ2n) is 2.84. The molecule has 0 fully saturated rings. The van der Waals surface area contributed by atoms with Crippen LogP contribution in [-0.4, -0.2) is 22.4 Å². The molecule has 0 aliphatic carbocycles. The molecule has 5 nitrogen and oxygen atoms in total. The Morgan fingerprint density at radius 1 is 1.80 bits per heavy atom. The monoisotopic (exact) mass is 205 g/mol. The summed E-state index contributed by atoms with van der Waals surface area (Å²) >= 11 is 0. The predicted molar refractivity (Wildman–Crippen MR) is 53.4 cm³/mol. The van der Waals surface area contributed by atoms with E-state index in [4.69, 9.17) is 10.00 Å². The van der Waals surface area contributed by atoms with E-state index in [2.05, 4.69) is 5.10 Å². The minimum absolute atomic E-state index is 0.0233. The molecule has 0 N–H and O–H groups in total. The quantitative estimate of drug-likeness (QED) is 0.417. The number of esters is 1. The zero-order valence-electron chi connectivity index (χ0n) is 8.60. The molecule has 0 aliphatic heterocycles. The topological polar surface area (TPSA) is 67.9 Å². The molecule has 1 heterocycles. The van der Waals surface area contributed by atoms with Crippen LogP contribution in [0.15, 0.2) is 18.0 Å². The van der Waals surface area contributed by atoms with Gasteiger partial charge in [0.2, 0.25) is 0 Å². The van der Waals surface area contributed by atoms with Gasteiger partial charge in [0, 0.05) is 18.8 Å². The van der Waals surface area contributed by atoms with Gasteiger partial charge in [-0.15, -0.1) is 0 Å². The molecule has 5 heteroatoms. The van der Waals surface area contributed by atoms with Crippen LogP contribution in [0, 0.1) is 11.3 Å². The van der Waals surface area contributed by atoms with Crippen molar-refractivity contribution in [3.8, 4) is 6.07 Å². The number of ether oxygens (including phenoxy) is 1. The fraction of sp³-hybridized carbons (Fsp3) is 0.300. The van der Waals surface area contributed by atoms with Crippen molar-refractivity contribution in [1.82, 2.24) is 9.78 Å². The lowest BCUT2D eigenvalue weighted by Gasteiger charge is -1.97. The van der Waals surface area contributed by atoms with Crippen LogP contribution < -0.4 is 0 Å². The van der Waals surface area contributed by atoms with Crippen LogP contribution in [-0.2, 0) is 16.6 Å². The SMILES string of the molecule is CCOC(=O)/C(C#N)=C\c1cnn(C)c1. The number of rotatable bonds is 3. The van der Waals surface area contributed by atoms with Gasteiger partial charge in [-0.05, 0) is 13.0 Å². The normalized spacial score (nSPS) is 10.9. The molecule has 0 saturated heterocycles. The van der Waals surface area contributed by atoms with Crippen molar-refractivity contribution < 1.29 is 9.53 Å². The third-order valence-electron chi connectivity index (χ3n) is 1.65. The van der Waals surface area contributed by atoms with E-state index in [1.807, 2.05) is 0 Å². The highest BCUT2D eigenvalue weighted by Crippen LogP contribution is 2.06. The molecule has 1 aromatic rings. The molecule has 1 aromatic heterocycles. The summed E-state index contributed by atoms with van der Waals surface area (Å²) in [4.78, 5) is 11.2. The van der Waals surface area contributed by atoms with E-state index >= 15 is 0 Å². The summed E-state index contributed by atoms with van der Waals surface area (Å²) < 4.78 is 6.31. The van der Waals surface area contributed by atoms with E-state index in [9.17, 15) is 4.79 Å². The average Bonchev–Trinajstić information content (AvgIpc) is 2.61. The van der Waals surface area contributed by atoms with Gasteiger partial charge in [0.05, 0.1) is 12.8 Å². The van der Waals surface area contributed by atoms with Crippen LogP contribution in [0.4, 0.5) is 0 Å². The van der Waals surface area contributed by atoms with Crippen LogP contribution >= 0.6 is 0 Å². The van der Waals surface area contributed by atoms with Crippen LogP contribution in [0.5, 0.6) is 0 Å². The summed E-state index contributed by atoms with van der Waals surface area (Å²) in [6.45, 7) is 1.95. The highest BCUT2D eigenvalue weighted by molar-refractivity contribution is 5.97. The third-order valence-corrected chi connectivity index (χ3v) is 1.65. The maximum Gasteiger partial charge on any atom is 0.348 e. The van der Waals surface area contributed by atoms with Crippen molar-refractivity contribution in [2.75, 3.05) is 6.61 Å². The van der Waals surface area contributed by atoms with Gasteiger partial charge >= 0.3 is 5.97 Å². The van der Waals surface area contributed by atoms with Gasteiger partial charge in [-0.25, -0.2) is 4.79 Å². The first-order chi connectivity index (χ1) is 7.17. The first kappa shape index (κ1) is 11.0. The summed E-state index contributed by atoms with van der Waals surface area (Å²) in [5.74, 6) is -0.608. The highest BCUT2D eigenvalue weighted by Gasteiger charge is 2.09. The minimum Gasteiger partial charge on any atom is -0.462 e. The standard InChI is InChI=1S/C10H11N3O2/c1-3-15-10(14)9(5-11)4-8-6-12-13(2)7-8/h4,6-7H,3H2,1-2H3/b9-4-. The Morgan fingerprint density at radius 3 is 3.00 bits per heavy atom. The third kappa shape index (κ3) is 2.95. The van der Waals surface area contributed by atoms with Gasteiger partial charge in [-0.2, -0.15) is 10.4 Å². The number of hydrogen-bond acceptors (Lipinski definition) is 4. The Morgan fingerprint density at radius 2 is 2.53 bits per heavy atom. The van der Waals surface area contributed by atoms with Crippen molar-refractivity contribution in [3.63, 3.8) is 0 Å². The number of carbonyl (C=O) groups excluding carboxylic acids is 1. The molecule has 0 unspecified atom stereocenters. The van der Waals surface area contributed by atoms with Crippen molar-refractivity contribution in [1.29, 1.82) is 5.26 Å². The van der Waals surface area contributed by atoms with E-state index in [0.717, 1.165) is 0 Å². The summed E-state index contributed by atoms with van der Waals surface area (Å²) in [5, 5.41) is 12.7. The molecule has 0 aliphatic rings. The summed E-state index contributed by atoms with van der Waals surface area (Å²) in [6.07, 6.45) is 4.72. The lowest BCUT2D eigenvalue weighted by atomic mass is 10.2. The number of nitrogens with zero attached hydrogens (tertiary/aromatic N) is 3. The van der Waals surface area contributed by atoms with Gasteiger partial charge in [0.25, 0.3) is 0 Å². The molecular formula is C10H11N3O2. The number of hydrogen-bond donors (Lipinski definition) is 0. The van der Waals surface area contributed by atoms with Crippen LogP contribution in [0.2, 0.25) is 0 Å². The van der Waals surface area contributed by atoms with Gasteiger partial charge in [0.1, 0.15) is 11.6 Å². The molecule has 0 amide bonds. The van der Waals surface area contributed by atoms with Crippen molar-refractivity contribution in [2.45, 2.75) is 6.92 Å². The average molecular weight is 205 g/mol. The van der Waals surface area contributed by atoms with Crippen LogP contribution in [0.3, 0.4) is 0 Å². The Balaban J connectivity index is 2.88. The van der Waals surface area contributed by atoms with Crippen LogP contribution in [0.1, 0.15) is 12.5 Å². The molecule has 0 radical (unpaired) electrons. The molecule has 0 aromatic carbocycles. The molecule has 0 bridgehead atoms. The first-order valence-electron chi connectivity index (χ1n) is 4.45. The van der Waals surface area contributed by atoms with E-state index in [1.165, 1.54) is 6.08 Å². The van der Waals surface area contributed by atoms with E-state index in [1.54, 1.807) is 37.1 Å². The van der Waals surface area contributed by atoms with Crippen molar-refractivity contribution >= 4 is 12.0 Å². The lowest BCUT2D eigenvalue weighted by Crippen LogP contribution is -2.05. The smallest absolute Gasteiger partial charge is 0.348 e. The summed E-state index contributed by atoms with van der Waals surface area (Å²) in [5.41, 5.74) is 0.673. The first-order valence-corrected chi connectivity index (χ1v) is 4.45. The molecule has 0 saturated carbocycles.